The van der Waals surface area contributed by atoms with Crippen LogP contribution in [0.1, 0.15) is 6.42 Å². The van der Waals surface area contributed by atoms with E-state index in [-0.39, 0.29) is 31.2 Å². The van der Waals surface area contributed by atoms with Crippen LogP contribution in [0.5, 0.6) is 17.2 Å². The van der Waals surface area contributed by atoms with E-state index in [2.05, 4.69) is 5.32 Å². The number of methoxy groups -OCH3 is 1. The van der Waals surface area contributed by atoms with E-state index < -0.39 is 0 Å². The van der Waals surface area contributed by atoms with Crippen LogP contribution >= 0.6 is 23.6 Å². The molecule has 0 fully saturated rings. The smallest absolute Gasteiger partial charge is 0.253 e. The van der Waals surface area contributed by atoms with Crippen molar-refractivity contribution in [2.75, 3.05) is 19.2 Å². The Morgan fingerprint density at radius 3 is 2.83 bits per heavy atom. The number of hydrogen-bond donors (Lipinski definition) is 1. The highest BCUT2D eigenvalue weighted by Gasteiger charge is 2.15. The van der Waals surface area contributed by atoms with Gasteiger partial charge in [0.2, 0.25) is 12.7 Å². The van der Waals surface area contributed by atoms with Crippen molar-refractivity contribution in [3.8, 4) is 27.7 Å². The molecule has 4 rings (SSSR count). The Hall–Kier alpha value is -3.17. The standard InChI is InChI=1S/C21H18N2O5S2/c1-26-15-4-2-3-14(10-15)22-19(24)7-8-23-20(25)11-18(30-21(23)29)13-5-6-16-17(9-13)28-12-27-16/h2-6,9-11H,7-8,12H2,1H3,(H,22,24). The van der Waals surface area contributed by atoms with Crippen LogP contribution in [0.25, 0.3) is 10.4 Å². The number of nitrogens with zero attached hydrogens (tertiary/aromatic N) is 1. The van der Waals surface area contributed by atoms with Crippen molar-refractivity contribution < 1.29 is 19.0 Å². The number of nitrogens with one attached hydrogen (secondary N) is 1. The molecule has 0 aliphatic carbocycles. The maximum atomic E-state index is 12.6. The van der Waals surface area contributed by atoms with Gasteiger partial charge in [-0.3, -0.25) is 14.2 Å². The molecule has 2 heterocycles. The fourth-order valence-electron chi connectivity index (χ4n) is 2.99. The molecule has 0 saturated carbocycles. The lowest BCUT2D eigenvalue weighted by Gasteiger charge is -2.09. The van der Waals surface area contributed by atoms with Crippen LogP contribution in [-0.4, -0.2) is 24.4 Å². The van der Waals surface area contributed by atoms with Crippen LogP contribution in [0.2, 0.25) is 0 Å². The minimum Gasteiger partial charge on any atom is -0.497 e. The highest BCUT2D eigenvalue weighted by Crippen LogP contribution is 2.36. The lowest BCUT2D eigenvalue weighted by Crippen LogP contribution is -2.22. The van der Waals surface area contributed by atoms with Gasteiger partial charge in [0.15, 0.2) is 15.5 Å². The molecule has 0 radical (unpaired) electrons. The van der Waals surface area contributed by atoms with Crippen LogP contribution in [0, 0.1) is 3.95 Å². The summed E-state index contributed by atoms with van der Waals surface area (Å²) >= 11 is 6.73. The van der Waals surface area contributed by atoms with E-state index in [1.165, 1.54) is 22.0 Å². The first-order valence-corrected chi connectivity index (χ1v) is 10.3. The molecule has 3 aromatic rings. The molecule has 0 saturated heterocycles. The van der Waals surface area contributed by atoms with E-state index in [9.17, 15) is 9.59 Å². The molecule has 1 aliphatic heterocycles. The Labute approximate surface area is 181 Å². The minimum absolute atomic E-state index is 0.122. The number of carbonyl (C=O) groups is 1. The van der Waals surface area contributed by atoms with Crippen LogP contribution < -0.4 is 25.1 Å². The van der Waals surface area contributed by atoms with Gasteiger partial charge in [-0.25, -0.2) is 0 Å². The van der Waals surface area contributed by atoms with Crippen molar-refractivity contribution in [3.63, 3.8) is 0 Å². The zero-order valence-corrected chi connectivity index (χ0v) is 17.7. The molecule has 9 heteroatoms. The van der Waals surface area contributed by atoms with Gasteiger partial charge in [-0.2, -0.15) is 0 Å². The van der Waals surface area contributed by atoms with Crippen LogP contribution in [0.15, 0.2) is 53.3 Å². The summed E-state index contributed by atoms with van der Waals surface area (Å²) in [7, 11) is 1.56. The van der Waals surface area contributed by atoms with Crippen molar-refractivity contribution in [1.82, 2.24) is 4.57 Å². The summed E-state index contributed by atoms with van der Waals surface area (Å²) in [6.07, 6.45) is 0.122. The molecular weight excluding hydrogens is 424 g/mol. The number of ether oxygens (including phenoxy) is 3. The van der Waals surface area contributed by atoms with Gasteiger partial charge in [-0.1, -0.05) is 6.07 Å². The number of aromatic nitrogens is 1. The third-order valence-corrected chi connectivity index (χ3v) is 5.95. The summed E-state index contributed by atoms with van der Waals surface area (Å²) < 4.78 is 17.7. The third kappa shape index (κ3) is 4.37. The van der Waals surface area contributed by atoms with Crippen LogP contribution in [-0.2, 0) is 11.3 Å². The maximum absolute atomic E-state index is 12.6. The SMILES string of the molecule is COc1cccc(NC(=O)CCn2c(=O)cc(-c3ccc4c(c3)OCO4)sc2=S)c1. The Morgan fingerprint density at radius 1 is 1.20 bits per heavy atom. The largest absolute Gasteiger partial charge is 0.497 e. The molecule has 154 valence electrons. The highest BCUT2D eigenvalue weighted by atomic mass is 32.1. The number of rotatable bonds is 6. The second kappa shape index (κ2) is 8.68. The van der Waals surface area contributed by atoms with E-state index in [1.807, 2.05) is 18.2 Å². The lowest BCUT2D eigenvalue weighted by molar-refractivity contribution is -0.116. The van der Waals surface area contributed by atoms with Crippen molar-refractivity contribution in [2.45, 2.75) is 13.0 Å². The fraction of sp³-hybridized carbons (Fsp3) is 0.190. The van der Waals surface area contributed by atoms with E-state index in [1.54, 1.807) is 31.4 Å². The molecule has 0 spiro atoms. The summed E-state index contributed by atoms with van der Waals surface area (Å²) in [5.74, 6) is 1.76. The summed E-state index contributed by atoms with van der Waals surface area (Å²) in [5.41, 5.74) is 1.21. The number of hydrogen-bond acceptors (Lipinski definition) is 7. The first kappa shape index (κ1) is 20.1. The molecule has 1 amide bonds. The molecule has 7 nitrogen and oxygen atoms in total. The number of carbonyl (C=O) groups excluding carboxylic acids is 1. The molecule has 0 unspecified atom stereocenters. The summed E-state index contributed by atoms with van der Waals surface area (Å²) in [5, 5.41) is 2.80. The number of amides is 1. The maximum Gasteiger partial charge on any atom is 0.253 e. The molecule has 30 heavy (non-hydrogen) atoms. The molecular formula is C21H18N2O5S2. The Balaban J connectivity index is 1.46. The van der Waals surface area contributed by atoms with E-state index >= 15 is 0 Å². The molecule has 1 aromatic heterocycles. The van der Waals surface area contributed by atoms with Gasteiger partial charge in [0, 0.05) is 35.7 Å². The Bertz CT molecular complexity index is 1190. The first-order chi connectivity index (χ1) is 14.5. The second-order valence-electron chi connectivity index (χ2n) is 6.46. The quantitative estimate of drug-likeness (QED) is 0.580. The van der Waals surface area contributed by atoms with E-state index in [4.69, 9.17) is 26.4 Å². The predicted octanol–water partition coefficient (Wildman–Crippen LogP) is 4.07. The van der Waals surface area contributed by atoms with Crippen molar-refractivity contribution in [3.05, 3.63) is 62.8 Å². The van der Waals surface area contributed by atoms with Gasteiger partial charge in [0.25, 0.3) is 5.56 Å². The number of anilines is 1. The van der Waals surface area contributed by atoms with Gasteiger partial charge in [0.05, 0.1) is 7.11 Å². The zero-order chi connectivity index (χ0) is 21.1. The molecule has 0 atom stereocenters. The normalized spacial score (nSPS) is 11.9. The topological polar surface area (TPSA) is 78.8 Å². The van der Waals surface area contributed by atoms with Crippen molar-refractivity contribution in [1.29, 1.82) is 0 Å². The summed E-state index contributed by atoms with van der Waals surface area (Å²) in [4.78, 5) is 25.6. The number of fused-ring (bicyclic) bond motifs is 1. The zero-order valence-electron chi connectivity index (χ0n) is 16.0. The van der Waals surface area contributed by atoms with Crippen LogP contribution in [0.4, 0.5) is 5.69 Å². The minimum atomic E-state index is -0.249. The third-order valence-electron chi connectivity index (χ3n) is 4.51. The Morgan fingerprint density at radius 2 is 2.03 bits per heavy atom. The van der Waals surface area contributed by atoms with Crippen molar-refractivity contribution >= 4 is 35.1 Å². The number of benzene rings is 2. The van der Waals surface area contributed by atoms with Gasteiger partial charge in [-0.15, -0.1) is 11.3 Å². The average molecular weight is 443 g/mol. The molecule has 0 bridgehead atoms. The first-order valence-electron chi connectivity index (χ1n) is 9.12. The monoisotopic (exact) mass is 442 g/mol. The lowest BCUT2D eigenvalue weighted by atomic mass is 10.2. The fourth-order valence-corrected chi connectivity index (χ4v) is 4.32. The van der Waals surface area contributed by atoms with Crippen molar-refractivity contribution in [2.24, 2.45) is 0 Å². The second-order valence-corrected chi connectivity index (χ2v) is 8.14. The molecule has 1 N–H and O–H groups in total. The Kier molecular flexibility index (Phi) is 5.82. The van der Waals surface area contributed by atoms with Gasteiger partial charge >= 0.3 is 0 Å². The van der Waals surface area contributed by atoms with Crippen LogP contribution in [0.3, 0.4) is 0 Å². The molecule has 2 aromatic carbocycles. The molecule has 1 aliphatic rings. The predicted molar refractivity (Wildman–Crippen MR) is 117 cm³/mol. The highest BCUT2D eigenvalue weighted by molar-refractivity contribution is 7.73. The van der Waals surface area contributed by atoms with Gasteiger partial charge in [-0.05, 0) is 48.1 Å². The summed E-state index contributed by atoms with van der Waals surface area (Å²) in [6, 6.07) is 14.1. The average Bonchev–Trinajstić information content (AvgIpc) is 3.21. The van der Waals surface area contributed by atoms with Gasteiger partial charge in [0.1, 0.15) is 5.75 Å². The van der Waals surface area contributed by atoms with E-state index in [0.717, 1.165) is 10.4 Å². The summed E-state index contributed by atoms with van der Waals surface area (Å²) in [6.45, 7) is 0.388. The van der Waals surface area contributed by atoms with Gasteiger partial charge < -0.3 is 19.5 Å². The van der Waals surface area contributed by atoms with E-state index in [0.29, 0.717) is 26.9 Å².